The number of carbonyl (C=O) groups excluding carboxylic acids is 2. The fourth-order valence-corrected chi connectivity index (χ4v) is 6.19. The molecule has 0 bridgehead atoms. The summed E-state index contributed by atoms with van der Waals surface area (Å²) in [6.45, 7) is 2.35. The third-order valence-corrected chi connectivity index (χ3v) is 8.54. The van der Waals surface area contributed by atoms with E-state index in [0.29, 0.717) is 24.1 Å². The van der Waals surface area contributed by atoms with Crippen LogP contribution in [0.2, 0.25) is 0 Å². The predicted octanol–water partition coefficient (Wildman–Crippen LogP) is 3.16. The average molecular weight is 490 g/mol. The summed E-state index contributed by atoms with van der Waals surface area (Å²) in [6.07, 6.45) is 11.8. The van der Waals surface area contributed by atoms with Gasteiger partial charge in [0.25, 0.3) is 5.91 Å². The van der Waals surface area contributed by atoms with Gasteiger partial charge in [-0.2, -0.15) is 0 Å². The summed E-state index contributed by atoms with van der Waals surface area (Å²) in [6, 6.07) is 8.19. The SMILES string of the molecule is O=C(NC1CC1)c1ccc(-c2cnc(N3CCC[C@]4(CCN([C@H]5CC[C@@H](O)CC5)C4=O)C3)nc2)cc1. The first kappa shape index (κ1) is 23.4. The molecule has 8 nitrogen and oxygen atoms in total. The lowest BCUT2D eigenvalue weighted by atomic mass is 9.78. The Balaban J connectivity index is 1.11. The maximum Gasteiger partial charge on any atom is 0.251 e. The van der Waals surface area contributed by atoms with Gasteiger partial charge in [0.2, 0.25) is 11.9 Å². The van der Waals surface area contributed by atoms with Crippen molar-refractivity contribution < 1.29 is 14.7 Å². The largest absolute Gasteiger partial charge is 0.393 e. The van der Waals surface area contributed by atoms with Crippen molar-refractivity contribution in [3.05, 3.63) is 42.2 Å². The Labute approximate surface area is 212 Å². The Bertz CT molecular complexity index is 1110. The molecule has 0 unspecified atom stereocenters. The highest BCUT2D eigenvalue weighted by molar-refractivity contribution is 5.95. The second-order valence-corrected chi connectivity index (χ2v) is 11.1. The number of benzene rings is 1. The van der Waals surface area contributed by atoms with Gasteiger partial charge in [-0.25, -0.2) is 9.97 Å². The normalized spacial score (nSPS) is 28.5. The standard InChI is InChI=1S/C28H35N5O3/c34-24-10-8-23(9-11-24)33-15-13-28(26(33)36)12-1-14-32(18-28)27-29-16-21(17-30-27)19-2-4-20(5-3-19)25(35)31-22-6-7-22/h2-5,16-17,22-24,34H,1,6-15,18H2,(H,31,35)/t23-,24+,28-/m0/s1. The molecule has 2 aliphatic heterocycles. The van der Waals surface area contributed by atoms with Gasteiger partial charge in [0.15, 0.2) is 0 Å². The van der Waals surface area contributed by atoms with Gasteiger partial charge in [0.05, 0.1) is 11.5 Å². The summed E-state index contributed by atoms with van der Waals surface area (Å²) < 4.78 is 0. The Morgan fingerprint density at radius 3 is 2.36 bits per heavy atom. The van der Waals surface area contributed by atoms with E-state index in [4.69, 9.17) is 0 Å². The van der Waals surface area contributed by atoms with Crippen LogP contribution in [0.15, 0.2) is 36.7 Å². The van der Waals surface area contributed by atoms with E-state index in [1.165, 1.54) is 0 Å². The van der Waals surface area contributed by atoms with E-state index in [1.807, 2.05) is 36.7 Å². The molecule has 36 heavy (non-hydrogen) atoms. The topological polar surface area (TPSA) is 98.7 Å². The molecule has 2 aliphatic carbocycles. The molecular formula is C28H35N5O3. The van der Waals surface area contributed by atoms with Crippen LogP contribution >= 0.6 is 0 Å². The van der Waals surface area contributed by atoms with Gasteiger partial charge >= 0.3 is 0 Å². The molecule has 1 aromatic carbocycles. The van der Waals surface area contributed by atoms with Crippen LogP contribution in [0.1, 0.15) is 68.1 Å². The Kier molecular flexibility index (Phi) is 6.15. The third kappa shape index (κ3) is 4.59. The van der Waals surface area contributed by atoms with Crippen molar-refractivity contribution in [2.24, 2.45) is 5.41 Å². The van der Waals surface area contributed by atoms with Crippen LogP contribution in [0.3, 0.4) is 0 Å². The quantitative estimate of drug-likeness (QED) is 0.670. The lowest BCUT2D eigenvalue weighted by Crippen LogP contribution is -2.50. The molecule has 2 saturated heterocycles. The highest BCUT2D eigenvalue weighted by Gasteiger charge is 2.51. The molecule has 0 radical (unpaired) electrons. The number of rotatable bonds is 5. The molecular weight excluding hydrogens is 454 g/mol. The summed E-state index contributed by atoms with van der Waals surface area (Å²) in [7, 11) is 0. The summed E-state index contributed by atoms with van der Waals surface area (Å²) in [5.41, 5.74) is 2.20. The number of likely N-dealkylation sites (tertiary alicyclic amines) is 1. The van der Waals surface area contributed by atoms with Gasteiger partial charge in [-0.1, -0.05) is 12.1 Å². The molecule has 4 aliphatic rings. The fourth-order valence-electron chi connectivity index (χ4n) is 6.19. The van der Waals surface area contributed by atoms with Crippen LogP contribution in [0.4, 0.5) is 5.95 Å². The second kappa shape index (κ2) is 9.47. The molecule has 190 valence electrons. The molecule has 6 rings (SSSR count). The number of piperidine rings is 1. The maximum absolute atomic E-state index is 13.6. The fraction of sp³-hybridized carbons (Fsp3) is 0.571. The van der Waals surface area contributed by atoms with Crippen LogP contribution in [0.25, 0.3) is 11.1 Å². The monoisotopic (exact) mass is 489 g/mol. The lowest BCUT2D eigenvalue weighted by Gasteiger charge is -2.40. The number of aliphatic hydroxyl groups excluding tert-OH is 1. The molecule has 2 aromatic rings. The van der Waals surface area contributed by atoms with Crippen LogP contribution in [-0.4, -0.2) is 69.6 Å². The zero-order valence-electron chi connectivity index (χ0n) is 20.7. The number of carbonyl (C=O) groups is 2. The molecule has 2 saturated carbocycles. The van der Waals surface area contributed by atoms with E-state index in [9.17, 15) is 14.7 Å². The zero-order valence-corrected chi connectivity index (χ0v) is 20.7. The number of aliphatic hydroxyl groups is 1. The first-order chi connectivity index (χ1) is 17.5. The Morgan fingerprint density at radius 1 is 0.944 bits per heavy atom. The summed E-state index contributed by atoms with van der Waals surface area (Å²) >= 11 is 0. The van der Waals surface area contributed by atoms with Crippen LogP contribution in [0, 0.1) is 5.41 Å². The lowest BCUT2D eigenvalue weighted by molar-refractivity contribution is -0.139. The molecule has 1 aromatic heterocycles. The van der Waals surface area contributed by atoms with E-state index >= 15 is 0 Å². The van der Waals surface area contributed by atoms with E-state index in [0.717, 1.165) is 82.0 Å². The van der Waals surface area contributed by atoms with E-state index in [1.54, 1.807) is 0 Å². The number of anilines is 1. The summed E-state index contributed by atoms with van der Waals surface area (Å²) in [5, 5.41) is 12.9. The van der Waals surface area contributed by atoms with Crippen molar-refractivity contribution in [3.8, 4) is 11.1 Å². The number of nitrogens with zero attached hydrogens (tertiary/aromatic N) is 4. The molecule has 2 amide bonds. The minimum atomic E-state index is -0.340. The van der Waals surface area contributed by atoms with Gasteiger partial charge in [-0.15, -0.1) is 0 Å². The van der Waals surface area contributed by atoms with Crippen molar-refractivity contribution >= 4 is 17.8 Å². The van der Waals surface area contributed by atoms with Gasteiger partial charge < -0.3 is 20.2 Å². The Morgan fingerprint density at radius 2 is 1.67 bits per heavy atom. The van der Waals surface area contributed by atoms with Gasteiger partial charge in [-0.05, 0) is 75.5 Å². The number of hydrogen-bond donors (Lipinski definition) is 2. The minimum Gasteiger partial charge on any atom is -0.393 e. The first-order valence-electron chi connectivity index (χ1n) is 13.5. The number of nitrogens with one attached hydrogen (secondary N) is 1. The summed E-state index contributed by atoms with van der Waals surface area (Å²) in [4.78, 5) is 39.4. The average Bonchev–Trinajstić information content (AvgIpc) is 3.68. The molecule has 4 fully saturated rings. The third-order valence-electron chi connectivity index (χ3n) is 8.54. The summed E-state index contributed by atoms with van der Waals surface area (Å²) in [5.74, 6) is 0.942. The number of aromatic nitrogens is 2. The molecule has 8 heteroatoms. The predicted molar refractivity (Wildman–Crippen MR) is 136 cm³/mol. The molecule has 2 N–H and O–H groups in total. The Hall–Kier alpha value is -3.00. The van der Waals surface area contributed by atoms with Crippen molar-refractivity contribution in [2.45, 2.75) is 76.0 Å². The highest BCUT2D eigenvalue weighted by atomic mass is 16.3. The van der Waals surface area contributed by atoms with Crippen LogP contribution < -0.4 is 10.2 Å². The maximum atomic E-state index is 13.6. The number of amides is 2. The van der Waals surface area contributed by atoms with Crippen molar-refractivity contribution in [1.82, 2.24) is 20.2 Å². The minimum absolute atomic E-state index is 0.0178. The van der Waals surface area contributed by atoms with Crippen molar-refractivity contribution in [3.63, 3.8) is 0 Å². The molecule has 1 spiro atoms. The van der Waals surface area contributed by atoms with Gasteiger partial charge in [0.1, 0.15) is 0 Å². The smallest absolute Gasteiger partial charge is 0.251 e. The van der Waals surface area contributed by atoms with E-state index in [-0.39, 0.29) is 29.4 Å². The highest BCUT2D eigenvalue weighted by Crippen LogP contribution is 2.43. The zero-order chi connectivity index (χ0) is 24.7. The number of hydrogen-bond acceptors (Lipinski definition) is 6. The van der Waals surface area contributed by atoms with E-state index < -0.39 is 0 Å². The molecule has 3 heterocycles. The van der Waals surface area contributed by atoms with Crippen molar-refractivity contribution in [1.29, 1.82) is 0 Å². The van der Waals surface area contributed by atoms with E-state index in [2.05, 4.69) is 25.1 Å². The van der Waals surface area contributed by atoms with Gasteiger partial charge in [-0.3, -0.25) is 9.59 Å². The van der Waals surface area contributed by atoms with Crippen LogP contribution in [-0.2, 0) is 4.79 Å². The first-order valence-corrected chi connectivity index (χ1v) is 13.5. The van der Waals surface area contributed by atoms with Gasteiger partial charge in [0, 0.05) is 55.2 Å². The second-order valence-electron chi connectivity index (χ2n) is 11.1. The van der Waals surface area contributed by atoms with Crippen molar-refractivity contribution in [2.75, 3.05) is 24.5 Å². The molecule has 1 atom stereocenters. The van der Waals surface area contributed by atoms with Crippen LogP contribution in [0.5, 0.6) is 0 Å².